The highest BCUT2D eigenvalue weighted by Gasteiger charge is 2.32. The largest absolute Gasteiger partial charge is 0.484 e. The third-order valence-corrected chi connectivity index (χ3v) is 5.98. The molecule has 1 atom stereocenters. The van der Waals surface area contributed by atoms with Crippen LogP contribution in [0.1, 0.15) is 6.42 Å². The van der Waals surface area contributed by atoms with E-state index >= 15 is 0 Å². The van der Waals surface area contributed by atoms with Crippen LogP contribution in [-0.2, 0) is 14.6 Å². The first-order valence-electron chi connectivity index (χ1n) is 7.52. The molecular formula is C17H19NO4S. The standard InChI is InChI=1S/C17H19NO4S/c1-18(15-8-9-23(20,21)12-15)17(19)11-22-16-7-6-13-4-2-3-5-14(13)10-16/h2-7,10,15H,8-9,11-12H2,1H3/t15-/m0/s1. The van der Waals surface area contributed by atoms with Crippen molar-refractivity contribution in [1.29, 1.82) is 0 Å². The van der Waals surface area contributed by atoms with Gasteiger partial charge in [0.05, 0.1) is 11.5 Å². The Balaban J connectivity index is 1.61. The van der Waals surface area contributed by atoms with Crippen LogP contribution in [0.2, 0.25) is 0 Å². The molecule has 0 saturated carbocycles. The second-order valence-electron chi connectivity index (χ2n) is 5.86. The predicted octanol–water partition coefficient (Wildman–Crippen LogP) is 1.86. The van der Waals surface area contributed by atoms with Crippen LogP contribution in [0.4, 0.5) is 0 Å². The molecule has 1 aliphatic rings. The zero-order chi connectivity index (χ0) is 16.4. The average molecular weight is 333 g/mol. The van der Waals surface area contributed by atoms with Gasteiger partial charge in [-0.05, 0) is 29.3 Å². The molecule has 2 aromatic carbocycles. The molecule has 3 rings (SSSR count). The molecular weight excluding hydrogens is 314 g/mol. The molecule has 1 amide bonds. The molecule has 0 N–H and O–H groups in total. The topological polar surface area (TPSA) is 63.7 Å². The van der Waals surface area contributed by atoms with Crippen LogP contribution >= 0.6 is 0 Å². The zero-order valence-corrected chi connectivity index (χ0v) is 13.8. The van der Waals surface area contributed by atoms with E-state index in [1.165, 1.54) is 4.90 Å². The molecule has 0 radical (unpaired) electrons. The molecule has 2 aromatic rings. The van der Waals surface area contributed by atoms with Crippen molar-refractivity contribution in [2.45, 2.75) is 12.5 Å². The van der Waals surface area contributed by atoms with Gasteiger partial charge in [-0.15, -0.1) is 0 Å². The molecule has 6 heteroatoms. The van der Waals surface area contributed by atoms with Gasteiger partial charge in [0, 0.05) is 13.1 Å². The van der Waals surface area contributed by atoms with Gasteiger partial charge in [-0.1, -0.05) is 30.3 Å². The van der Waals surface area contributed by atoms with Gasteiger partial charge in [0.1, 0.15) is 5.75 Å². The van der Waals surface area contributed by atoms with Crippen molar-refractivity contribution < 1.29 is 17.9 Å². The van der Waals surface area contributed by atoms with Crippen molar-refractivity contribution in [2.75, 3.05) is 25.2 Å². The summed E-state index contributed by atoms with van der Waals surface area (Å²) >= 11 is 0. The quantitative estimate of drug-likeness (QED) is 0.857. The number of rotatable bonds is 4. The Morgan fingerprint density at radius 1 is 1.22 bits per heavy atom. The van der Waals surface area contributed by atoms with Crippen LogP contribution in [0.5, 0.6) is 5.75 Å². The van der Waals surface area contributed by atoms with Gasteiger partial charge >= 0.3 is 0 Å². The van der Waals surface area contributed by atoms with Crippen molar-refractivity contribution in [3.8, 4) is 5.75 Å². The van der Waals surface area contributed by atoms with Crippen LogP contribution in [0.3, 0.4) is 0 Å². The Morgan fingerprint density at radius 3 is 2.65 bits per heavy atom. The van der Waals surface area contributed by atoms with Gasteiger partial charge in [-0.2, -0.15) is 0 Å². The van der Waals surface area contributed by atoms with E-state index in [2.05, 4.69) is 0 Å². The molecule has 1 aliphatic heterocycles. The normalized spacial score (nSPS) is 19.6. The summed E-state index contributed by atoms with van der Waals surface area (Å²) in [6.45, 7) is -0.0919. The fourth-order valence-corrected chi connectivity index (χ4v) is 4.56. The second kappa shape index (κ2) is 6.20. The van der Waals surface area contributed by atoms with E-state index in [0.717, 1.165) is 10.8 Å². The minimum Gasteiger partial charge on any atom is -0.484 e. The first-order chi connectivity index (χ1) is 10.9. The van der Waals surface area contributed by atoms with Gasteiger partial charge < -0.3 is 9.64 Å². The van der Waals surface area contributed by atoms with Crippen LogP contribution < -0.4 is 4.74 Å². The highest BCUT2D eigenvalue weighted by molar-refractivity contribution is 7.91. The van der Waals surface area contributed by atoms with Gasteiger partial charge in [0.25, 0.3) is 5.91 Å². The number of fused-ring (bicyclic) bond motifs is 1. The summed E-state index contributed by atoms with van der Waals surface area (Å²) < 4.78 is 28.6. The van der Waals surface area contributed by atoms with Crippen molar-refractivity contribution in [2.24, 2.45) is 0 Å². The summed E-state index contributed by atoms with van der Waals surface area (Å²) in [5, 5.41) is 2.16. The Kier molecular flexibility index (Phi) is 4.26. The maximum absolute atomic E-state index is 12.2. The number of carbonyl (C=O) groups excluding carboxylic acids is 1. The van der Waals surface area contributed by atoms with E-state index in [1.807, 2.05) is 42.5 Å². The average Bonchev–Trinajstić information content (AvgIpc) is 2.91. The molecule has 1 saturated heterocycles. The summed E-state index contributed by atoms with van der Waals surface area (Å²) in [5.74, 6) is 0.621. The van der Waals surface area contributed by atoms with E-state index in [-0.39, 0.29) is 30.1 Å². The summed E-state index contributed by atoms with van der Waals surface area (Å²) in [6, 6.07) is 13.3. The number of hydrogen-bond donors (Lipinski definition) is 0. The molecule has 0 aliphatic carbocycles. The summed E-state index contributed by atoms with van der Waals surface area (Å²) in [7, 11) is -1.36. The van der Waals surface area contributed by atoms with Crippen LogP contribution in [0.25, 0.3) is 10.8 Å². The fraction of sp³-hybridized carbons (Fsp3) is 0.353. The Bertz CT molecular complexity index is 831. The van der Waals surface area contributed by atoms with Crippen molar-refractivity contribution in [1.82, 2.24) is 4.90 Å². The highest BCUT2D eigenvalue weighted by Crippen LogP contribution is 2.21. The summed E-state index contributed by atoms with van der Waals surface area (Å²) in [4.78, 5) is 13.7. The maximum atomic E-state index is 12.2. The highest BCUT2D eigenvalue weighted by atomic mass is 32.2. The van der Waals surface area contributed by atoms with E-state index < -0.39 is 9.84 Å². The lowest BCUT2D eigenvalue weighted by atomic mass is 10.1. The monoisotopic (exact) mass is 333 g/mol. The Morgan fingerprint density at radius 2 is 1.96 bits per heavy atom. The first kappa shape index (κ1) is 15.8. The predicted molar refractivity (Wildman–Crippen MR) is 89.3 cm³/mol. The molecule has 1 fully saturated rings. The maximum Gasteiger partial charge on any atom is 0.260 e. The lowest BCUT2D eigenvalue weighted by Crippen LogP contribution is -2.40. The van der Waals surface area contributed by atoms with Crippen LogP contribution in [0.15, 0.2) is 42.5 Å². The SMILES string of the molecule is CN(C(=O)COc1ccc2ccccc2c1)[C@H]1CCS(=O)(=O)C1. The molecule has 0 aromatic heterocycles. The molecule has 0 bridgehead atoms. The fourth-order valence-electron chi connectivity index (χ4n) is 2.79. The molecule has 0 spiro atoms. The van der Waals surface area contributed by atoms with Gasteiger partial charge in [0.15, 0.2) is 16.4 Å². The van der Waals surface area contributed by atoms with E-state index in [9.17, 15) is 13.2 Å². The second-order valence-corrected chi connectivity index (χ2v) is 8.09. The van der Waals surface area contributed by atoms with Crippen molar-refractivity contribution in [3.63, 3.8) is 0 Å². The van der Waals surface area contributed by atoms with Crippen LogP contribution in [-0.4, -0.2) is 50.4 Å². The third-order valence-electron chi connectivity index (χ3n) is 4.23. The number of carbonyl (C=O) groups is 1. The van der Waals surface area contributed by atoms with E-state index in [0.29, 0.717) is 12.2 Å². The lowest BCUT2D eigenvalue weighted by molar-refractivity contribution is -0.133. The molecule has 1 heterocycles. The summed E-state index contributed by atoms with van der Waals surface area (Å²) in [6.07, 6.45) is 0.501. The van der Waals surface area contributed by atoms with E-state index in [4.69, 9.17) is 4.74 Å². The lowest BCUT2D eigenvalue weighted by Gasteiger charge is -2.23. The smallest absolute Gasteiger partial charge is 0.260 e. The number of ether oxygens (including phenoxy) is 1. The minimum atomic E-state index is -3.00. The van der Waals surface area contributed by atoms with Gasteiger partial charge in [0.2, 0.25) is 0 Å². The third kappa shape index (κ3) is 3.64. The van der Waals surface area contributed by atoms with Gasteiger partial charge in [-0.3, -0.25) is 4.79 Å². The number of sulfone groups is 1. The van der Waals surface area contributed by atoms with Gasteiger partial charge in [-0.25, -0.2) is 8.42 Å². The molecule has 122 valence electrons. The summed E-state index contributed by atoms with van der Waals surface area (Å²) in [5.41, 5.74) is 0. The van der Waals surface area contributed by atoms with Crippen molar-refractivity contribution in [3.05, 3.63) is 42.5 Å². The minimum absolute atomic E-state index is 0.0468. The first-order valence-corrected chi connectivity index (χ1v) is 9.34. The number of likely N-dealkylation sites (N-methyl/N-ethyl adjacent to an activating group) is 1. The number of nitrogens with zero attached hydrogens (tertiary/aromatic N) is 1. The van der Waals surface area contributed by atoms with E-state index in [1.54, 1.807) is 7.05 Å². The molecule has 5 nitrogen and oxygen atoms in total. The molecule has 0 unspecified atom stereocenters. The number of hydrogen-bond acceptors (Lipinski definition) is 4. The Hall–Kier alpha value is -2.08. The van der Waals surface area contributed by atoms with Crippen LogP contribution in [0, 0.1) is 0 Å². The molecule has 23 heavy (non-hydrogen) atoms. The zero-order valence-electron chi connectivity index (χ0n) is 12.9. The number of amides is 1. The number of benzene rings is 2. The van der Waals surface area contributed by atoms with Crippen molar-refractivity contribution >= 4 is 26.5 Å². The Labute approximate surface area is 135 Å².